The summed E-state index contributed by atoms with van der Waals surface area (Å²) in [5.74, 6) is -0.385. The van der Waals surface area contributed by atoms with Crippen molar-refractivity contribution in [3.63, 3.8) is 0 Å². The average molecular weight is 547 g/mol. The highest BCUT2D eigenvalue weighted by molar-refractivity contribution is 6.04. The minimum Gasteiger partial charge on any atom is -0.383 e. The van der Waals surface area contributed by atoms with E-state index in [1.807, 2.05) is 42.5 Å². The van der Waals surface area contributed by atoms with E-state index in [1.54, 1.807) is 29.2 Å². The monoisotopic (exact) mass is 546 g/mol. The standard InChI is InChI=1S/C33H32FN7/c1-33(2,3)20-37-30-23(17-35)18-36-32-27(21-7-5-4-6-8-21)15-25(16-28(30)32)38-31(22-9-11-24(34)12-10-22)29-19-41(40-39-29)26-13-14-26/h4-12,15-16,18-19,26,31,38H,13-14,20H2,1-3H3,(H,36,37)/i31D. The van der Waals surface area contributed by atoms with Crippen LogP contribution < -0.4 is 10.6 Å². The van der Waals surface area contributed by atoms with Gasteiger partial charge in [0.15, 0.2) is 0 Å². The second kappa shape index (κ2) is 10.7. The molecule has 5 aromatic rings. The van der Waals surface area contributed by atoms with E-state index >= 15 is 0 Å². The molecule has 206 valence electrons. The van der Waals surface area contributed by atoms with Gasteiger partial charge in [0.25, 0.3) is 0 Å². The highest BCUT2D eigenvalue weighted by Gasteiger charge is 2.27. The molecule has 1 saturated carbocycles. The molecule has 6 rings (SSSR count). The molecule has 2 N–H and O–H groups in total. The summed E-state index contributed by atoms with van der Waals surface area (Å²) in [6, 6.07) is 20.7. The highest BCUT2D eigenvalue weighted by atomic mass is 19.1. The third-order valence-corrected chi connectivity index (χ3v) is 7.06. The van der Waals surface area contributed by atoms with Crippen LogP contribution in [0.5, 0.6) is 0 Å². The summed E-state index contributed by atoms with van der Waals surface area (Å²) in [4.78, 5) is 4.72. The minimum absolute atomic E-state index is 0.0350. The first-order valence-electron chi connectivity index (χ1n) is 14.3. The van der Waals surface area contributed by atoms with Crippen molar-refractivity contribution in [1.82, 2.24) is 20.0 Å². The number of pyridine rings is 1. The molecule has 1 unspecified atom stereocenters. The molecule has 0 bridgehead atoms. The lowest BCUT2D eigenvalue weighted by atomic mass is 9.95. The summed E-state index contributed by atoms with van der Waals surface area (Å²) in [6.07, 6.45) is 5.46. The molecule has 1 aliphatic carbocycles. The number of aromatic nitrogens is 4. The predicted molar refractivity (Wildman–Crippen MR) is 160 cm³/mol. The first-order chi connectivity index (χ1) is 20.1. The van der Waals surface area contributed by atoms with Crippen molar-refractivity contribution < 1.29 is 5.76 Å². The Morgan fingerprint density at radius 2 is 1.88 bits per heavy atom. The Bertz CT molecular complexity index is 1780. The Morgan fingerprint density at radius 1 is 1.12 bits per heavy atom. The molecule has 41 heavy (non-hydrogen) atoms. The van der Waals surface area contributed by atoms with Crippen LogP contribution in [0, 0.1) is 22.6 Å². The number of fused-ring (bicyclic) bond motifs is 1. The number of benzene rings is 3. The number of hydrogen-bond acceptors (Lipinski definition) is 6. The van der Waals surface area contributed by atoms with Gasteiger partial charge in [-0.25, -0.2) is 9.07 Å². The van der Waals surface area contributed by atoms with Crippen LogP contribution in [0.3, 0.4) is 0 Å². The zero-order chi connectivity index (χ0) is 29.5. The molecule has 2 heterocycles. The van der Waals surface area contributed by atoms with Crippen LogP contribution in [0.4, 0.5) is 15.8 Å². The van der Waals surface area contributed by atoms with Gasteiger partial charge in [-0.1, -0.05) is 68.4 Å². The van der Waals surface area contributed by atoms with E-state index in [0.717, 1.165) is 34.9 Å². The number of nitrogens with one attached hydrogen (secondary N) is 2. The van der Waals surface area contributed by atoms with E-state index in [9.17, 15) is 11.0 Å². The Labute approximate surface area is 240 Å². The van der Waals surface area contributed by atoms with Gasteiger partial charge in [-0.05, 0) is 53.6 Å². The van der Waals surface area contributed by atoms with Crippen molar-refractivity contribution in [2.45, 2.75) is 45.7 Å². The van der Waals surface area contributed by atoms with Crippen LogP contribution >= 0.6 is 0 Å². The summed E-state index contributed by atoms with van der Waals surface area (Å²) < 4.78 is 25.5. The van der Waals surface area contributed by atoms with Crippen LogP contribution in [-0.2, 0) is 0 Å². The number of nitriles is 1. The van der Waals surface area contributed by atoms with Gasteiger partial charge in [0.05, 0.1) is 36.4 Å². The van der Waals surface area contributed by atoms with Crippen molar-refractivity contribution >= 4 is 22.3 Å². The van der Waals surface area contributed by atoms with Crippen molar-refractivity contribution in [1.29, 1.82) is 5.26 Å². The molecule has 0 aliphatic heterocycles. The van der Waals surface area contributed by atoms with Crippen molar-refractivity contribution in [2.75, 3.05) is 17.2 Å². The zero-order valence-electron chi connectivity index (χ0n) is 24.3. The Balaban J connectivity index is 1.55. The smallest absolute Gasteiger partial charge is 0.123 e. The third kappa shape index (κ3) is 5.75. The highest BCUT2D eigenvalue weighted by Crippen LogP contribution is 2.39. The second-order valence-corrected chi connectivity index (χ2v) is 11.7. The lowest BCUT2D eigenvalue weighted by Crippen LogP contribution is -2.20. The molecule has 0 radical (unpaired) electrons. The SMILES string of the molecule is [2H]C(Nc1cc(-c2ccccc2)c2ncc(C#N)c(NCC(C)(C)C)c2c1)(c1ccc(F)cc1)c1cn(C2CC2)nn1. The quantitative estimate of drug-likeness (QED) is 0.209. The first-order valence-corrected chi connectivity index (χ1v) is 13.8. The number of halogens is 1. The molecule has 1 fully saturated rings. The van der Waals surface area contributed by atoms with E-state index in [4.69, 9.17) is 4.98 Å². The Morgan fingerprint density at radius 3 is 2.56 bits per heavy atom. The Kier molecular flexibility index (Phi) is 6.56. The van der Waals surface area contributed by atoms with E-state index in [1.165, 1.54) is 12.1 Å². The van der Waals surface area contributed by atoms with Crippen molar-refractivity contribution in [3.05, 3.63) is 102 Å². The molecule has 0 amide bonds. The summed E-state index contributed by atoms with van der Waals surface area (Å²) in [5, 5.41) is 26.4. The van der Waals surface area contributed by atoms with Gasteiger partial charge >= 0.3 is 0 Å². The number of anilines is 2. The molecular weight excluding hydrogens is 513 g/mol. The molecule has 0 saturated heterocycles. The Hall–Kier alpha value is -4.77. The lowest BCUT2D eigenvalue weighted by molar-refractivity contribution is 0.443. The van der Waals surface area contributed by atoms with Crippen molar-refractivity contribution in [3.8, 4) is 17.2 Å². The van der Waals surface area contributed by atoms with Crippen LogP contribution in [0.15, 0.2) is 79.1 Å². The normalized spacial score (nSPS) is 15.1. The zero-order valence-corrected chi connectivity index (χ0v) is 23.3. The van der Waals surface area contributed by atoms with Gasteiger partial charge in [-0.15, -0.1) is 5.10 Å². The van der Waals surface area contributed by atoms with Gasteiger partial charge in [0.2, 0.25) is 0 Å². The summed E-state index contributed by atoms with van der Waals surface area (Å²) in [7, 11) is 0. The molecule has 0 spiro atoms. The van der Waals surface area contributed by atoms with E-state index in [0.29, 0.717) is 40.8 Å². The fourth-order valence-corrected chi connectivity index (χ4v) is 4.80. The summed E-state index contributed by atoms with van der Waals surface area (Å²) >= 11 is 0. The fourth-order valence-electron chi connectivity index (χ4n) is 4.80. The molecule has 8 heteroatoms. The first kappa shape index (κ1) is 25.2. The van der Waals surface area contributed by atoms with E-state index in [2.05, 4.69) is 47.8 Å². The van der Waals surface area contributed by atoms with Gasteiger partial charge in [-0.2, -0.15) is 5.26 Å². The van der Waals surface area contributed by atoms with Gasteiger partial charge in [0, 0.05) is 29.4 Å². The minimum atomic E-state index is -1.58. The van der Waals surface area contributed by atoms with Crippen LogP contribution in [0.25, 0.3) is 22.0 Å². The molecule has 3 aromatic carbocycles. The third-order valence-electron chi connectivity index (χ3n) is 7.06. The van der Waals surface area contributed by atoms with Crippen molar-refractivity contribution in [2.24, 2.45) is 5.41 Å². The van der Waals surface area contributed by atoms with Gasteiger partial charge in [0.1, 0.15) is 17.6 Å². The maximum atomic E-state index is 14.0. The molecule has 1 atom stereocenters. The number of rotatable bonds is 8. The van der Waals surface area contributed by atoms with Gasteiger partial charge < -0.3 is 10.6 Å². The average Bonchev–Trinajstić information content (AvgIpc) is 3.71. The molecule has 2 aromatic heterocycles. The van der Waals surface area contributed by atoms with Gasteiger partial charge in [-0.3, -0.25) is 4.98 Å². The van der Waals surface area contributed by atoms with Crippen LogP contribution in [-0.4, -0.2) is 26.5 Å². The summed E-state index contributed by atoms with van der Waals surface area (Å²) in [5.41, 5.74) is 5.16. The number of nitrogens with zero attached hydrogens (tertiary/aromatic N) is 5. The summed E-state index contributed by atoms with van der Waals surface area (Å²) in [6.45, 7) is 7.03. The number of hydrogen-bond donors (Lipinski definition) is 2. The van der Waals surface area contributed by atoms with Crippen LogP contribution in [0.2, 0.25) is 0 Å². The lowest BCUT2D eigenvalue weighted by Gasteiger charge is -2.23. The largest absolute Gasteiger partial charge is 0.383 e. The topological polar surface area (TPSA) is 91.5 Å². The molecule has 1 aliphatic rings. The van der Waals surface area contributed by atoms with E-state index < -0.39 is 6.02 Å². The molecular formula is C33H32FN7. The fraction of sp³-hybridized carbons (Fsp3) is 0.273. The van der Waals surface area contributed by atoms with Crippen LogP contribution in [0.1, 0.15) is 63.9 Å². The second-order valence-electron chi connectivity index (χ2n) is 11.7. The maximum Gasteiger partial charge on any atom is 0.123 e. The predicted octanol–water partition coefficient (Wildman–Crippen LogP) is 7.50. The maximum absolute atomic E-state index is 14.0. The van der Waals surface area contributed by atoms with E-state index in [-0.39, 0.29) is 11.2 Å². The molecule has 7 nitrogen and oxygen atoms in total.